The highest BCUT2D eigenvalue weighted by molar-refractivity contribution is 9.06. The molecule has 0 N–H and O–H groups in total. The van der Waals surface area contributed by atoms with Crippen LogP contribution in [0.15, 0.2) is 0 Å². The van der Waals surface area contributed by atoms with Crippen molar-refractivity contribution in [1.29, 1.82) is 0 Å². The predicted molar refractivity (Wildman–Crippen MR) is 44.2 cm³/mol. The molecule has 8 heteroatoms. The minimum atomic E-state index is -3.99. The highest BCUT2D eigenvalue weighted by Gasteiger charge is 2.34. The molecule has 0 fully saturated rings. The van der Waals surface area contributed by atoms with Crippen molar-refractivity contribution in [3.05, 3.63) is 0 Å². The van der Waals surface area contributed by atoms with Crippen molar-refractivity contribution in [3.63, 3.8) is 0 Å². The third-order valence-corrected chi connectivity index (χ3v) is 5.04. The summed E-state index contributed by atoms with van der Waals surface area (Å²) in [5, 5.41) is 0. The molecular weight excluding hydrogens is 258 g/mol. The Morgan fingerprint density at radius 3 is 2.00 bits per heavy atom. The Labute approximate surface area is 74.1 Å². The van der Waals surface area contributed by atoms with E-state index in [1.54, 1.807) is 19.6 Å². The van der Waals surface area contributed by atoms with Gasteiger partial charge < -0.3 is 4.21 Å². The topological polar surface area (TPSA) is 44.8 Å². The maximum Gasteiger partial charge on any atom is 0.507 e. The number of hydrogen-bond donors (Lipinski definition) is 0. The molecule has 0 aromatic heterocycles. The number of halogens is 2. The van der Waals surface area contributed by atoms with Crippen LogP contribution in [0.4, 0.5) is 4.53 Å². The first-order valence-electron chi connectivity index (χ1n) is 2.74. The second-order valence-electron chi connectivity index (χ2n) is 2.79. The SMILES string of the molecule is C[Si](C)(C)OP(=O)(OF)OBr. The van der Waals surface area contributed by atoms with Crippen LogP contribution in [0.2, 0.25) is 19.6 Å². The van der Waals surface area contributed by atoms with Gasteiger partial charge in [0.15, 0.2) is 8.32 Å². The van der Waals surface area contributed by atoms with Crippen LogP contribution in [-0.4, -0.2) is 8.32 Å². The summed E-state index contributed by atoms with van der Waals surface area (Å²) < 4.78 is 34.3. The fourth-order valence-corrected chi connectivity index (χ4v) is 3.97. The molecule has 0 aromatic carbocycles. The van der Waals surface area contributed by atoms with Crippen LogP contribution < -0.4 is 0 Å². The van der Waals surface area contributed by atoms with Gasteiger partial charge in [0.1, 0.15) is 16.3 Å². The van der Waals surface area contributed by atoms with Crippen LogP contribution in [0.3, 0.4) is 0 Å². The monoisotopic (exact) mass is 266 g/mol. The summed E-state index contributed by atoms with van der Waals surface area (Å²) in [6, 6.07) is 0. The van der Waals surface area contributed by atoms with E-state index in [1.807, 2.05) is 0 Å². The van der Waals surface area contributed by atoms with Gasteiger partial charge in [-0.2, -0.15) is 0 Å². The Morgan fingerprint density at radius 1 is 1.45 bits per heavy atom. The molecule has 0 saturated carbocycles. The number of rotatable bonds is 4. The highest BCUT2D eigenvalue weighted by Crippen LogP contribution is 2.53. The van der Waals surface area contributed by atoms with Gasteiger partial charge in [0.2, 0.25) is 0 Å². The Morgan fingerprint density at radius 2 is 1.91 bits per heavy atom. The van der Waals surface area contributed by atoms with Crippen LogP contribution >= 0.6 is 24.1 Å². The number of hydrogen-bond acceptors (Lipinski definition) is 4. The molecule has 0 radical (unpaired) electrons. The van der Waals surface area contributed by atoms with Crippen molar-refractivity contribution in [1.82, 2.24) is 0 Å². The predicted octanol–water partition coefficient (Wildman–Crippen LogP) is 3.17. The van der Waals surface area contributed by atoms with E-state index in [0.29, 0.717) is 0 Å². The Hall–Kier alpha value is 0.737. The molecule has 0 bridgehead atoms. The standard InChI is InChI=1S/C3H9BrFO4PSi/c1-11(2,3)9-10(6,7-4)8-5/h1-3H3. The molecule has 0 rings (SSSR count). The lowest BCUT2D eigenvalue weighted by molar-refractivity contribution is -0.0319. The van der Waals surface area contributed by atoms with Crippen molar-refractivity contribution in [3.8, 4) is 0 Å². The van der Waals surface area contributed by atoms with Gasteiger partial charge >= 0.3 is 7.82 Å². The van der Waals surface area contributed by atoms with Crippen LogP contribution in [-0.2, 0) is 17.1 Å². The summed E-state index contributed by atoms with van der Waals surface area (Å²) in [6.45, 7) is 5.18. The summed E-state index contributed by atoms with van der Waals surface area (Å²) in [5.74, 6) is 0. The fourth-order valence-electron chi connectivity index (χ4n) is 0.374. The largest absolute Gasteiger partial charge is 0.507 e. The summed E-state index contributed by atoms with van der Waals surface area (Å²) in [7, 11) is -6.11. The summed E-state index contributed by atoms with van der Waals surface area (Å²) in [5.41, 5.74) is 0. The van der Waals surface area contributed by atoms with E-state index in [2.05, 4.69) is 24.6 Å². The van der Waals surface area contributed by atoms with Crippen LogP contribution in [0.5, 0.6) is 0 Å². The zero-order chi connectivity index (χ0) is 9.12. The molecule has 4 nitrogen and oxygen atoms in total. The van der Waals surface area contributed by atoms with Gasteiger partial charge in [0.25, 0.3) is 0 Å². The lowest BCUT2D eigenvalue weighted by Gasteiger charge is -2.19. The van der Waals surface area contributed by atoms with Gasteiger partial charge in [-0.15, -0.1) is 0 Å². The average Bonchev–Trinajstić information content (AvgIpc) is 1.84. The smallest absolute Gasteiger partial charge is 0.328 e. The normalized spacial score (nSPS) is 17.9. The summed E-state index contributed by atoms with van der Waals surface area (Å²) in [6.07, 6.45) is 0. The van der Waals surface area contributed by atoms with Crippen LogP contribution in [0, 0.1) is 0 Å². The molecule has 0 saturated heterocycles. The van der Waals surface area contributed by atoms with Crippen molar-refractivity contribution in [2.75, 3.05) is 0 Å². The maximum absolute atomic E-state index is 11.6. The zero-order valence-electron chi connectivity index (χ0n) is 6.34. The molecule has 0 amide bonds. The van der Waals surface area contributed by atoms with Crippen LogP contribution in [0.25, 0.3) is 0 Å². The number of phosphoric acid groups is 1. The molecule has 0 heterocycles. The molecule has 0 aliphatic heterocycles. The van der Waals surface area contributed by atoms with E-state index < -0.39 is 16.1 Å². The maximum atomic E-state index is 11.6. The quantitative estimate of drug-likeness (QED) is 0.579. The second-order valence-corrected chi connectivity index (χ2v) is 9.78. The van der Waals surface area contributed by atoms with Crippen LogP contribution in [0.1, 0.15) is 0 Å². The van der Waals surface area contributed by atoms with Gasteiger partial charge in [-0.25, -0.2) is 8.18 Å². The average molecular weight is 267 g/mol. The van der Waals surface area contributed by atoms with E-state index in [0.717, 1.165) is 0 Å². The summed E-state index contributed by atoms with van der Waals surface area (Å²) in [4.78, 5) is 0. The second kappa shape index (κ2) is 4.11. The minimum absolute atomic E-state index is 1.73. The Balaban J connectivity index is 4.21. The molecule has 68 valence electrons. The third-order valence-electron chi connectivity index (χ3n) is 0.555. The van der Waals surface area contributed by atoms with E-state index in [9.17, 15) is 9.09 Å². The molecule has 0 aromatic rings. The van der Waals surface area contributed by atoms with E-state index in [1.165, 1.54) is 0 Å². The molecule has 11 heavy (non-hydrogen) atoms. The Bertz CT molecular complexity index is 163. The van der Waals surface area contributed by atoms with Crippen molar-refractivity contribution < 1.29 is 21.6 Å². The van der Waals surface area contributed by atoms with Crippen molar-refractivity contribution in [2.24, 2.45) is 0 Å². The van der Waals surface area contributed by atoms with Gasteiger partial charge in [0, 0.05) is 0 Å². The molecular formula is C3H9BrFO4PSi. The molecule has 0 spiro atoms. The van der Waals surface area contributed by atoms with Gasteiger partial charge in [0.05, 0.1) is 0 Å². The fraction of sp³-hybridized carbons (Fsp3) is 1.00. The van der Waals surface area contributed by atoms with E-state index >= 15 is 0 Å². The molecule has 1 atom stereocenters. The van der Waals surface area contributed by atoms with E-state index in [4.69, 9.17) is 4.21 Å². The minimum Gasteiger partial charge on any atom is -0.328 e. The first kappa shape index (κ1) is 11.7. The molecule has 0 aliphatic carbocycles. The van der Waals surface area contributed by atoms with Crippen molar-refractivity contribution in [2.45, 2.75) is 19.6 Å². The zero-order valence-corrected chi connectivity index (χ0v) is 9.82. The first-order valence-corrected chi connectivity index (χ1v) is 8.26. The summed E-state index contributed by atoms with van der Waals surface area (Å²) >= 11 is 2.35. The van der Waals surface area contributed by atoms with E-state index in [-0.39, 0.29) is 0 Å². The highest BCUT2D eigenvalue weighted by atomic mass is 79.9. The first-order chi connectivity index (χ1) is 4.83. The van der Waals surface area contributed by atoms with Gasteiger partial charge in [-0.1, -0.05) is 4.73 Å². The third kappa shape index (κ3) is 5.05. The van der Waals surface area contributed by atoms with Gasteiger partial charge in [-0.3, -0.25) is 0 Å². The lowest BCUT2D eigenvalue weighted by Crippen LogP contribution is -2.23. The lowest BCUT2D eigenvalue weighted by atomic mass is 11.8. The van der Waals surface area contributed by atoms with Crippen molar-refractivity contribution >= 4 is 32.4 Å². The molecule has 0 aliphatic rings. The van der Waals surface area contributed by atoms with Gasteiger partial charge in [-0.05, 0) is 24.2 Å². The Kier molecular flexibility index (Phi) is 4.39. The molecule has 1 unspecified atom stereocenters.